The highest BCUT2D eigenvalue weighted by molar-refractivity contribution is 6.14. The Balaban J connectivity index is 0.819. The zero-order valence-electron chi connectivity index (χ0n) is 47.1. The highest BCUT2D eigenvalue weighted by Crippen LogP contribution is 2.45. The first-order chi connectivity index (χ1) is 42.6. The van der Waals surface area contributed by atoms with Crippen LogP contribution in [0.4, 0.5) is 17.1 Å². The minimum Gasteiger partial charge on any atom is -0.310 e. The van der Waals surface area contributed by atoms with Crippen LogP contribution in [0.5, 0.6) is 0 Å². The van der Waals surface area contributed by atoms with Gasteiger partial charge in [-0.1, -0.05) is 261 Å². The molecule has 0 aliphatic carbocycles. The second-order valence-corrected chi connectivity index (χ2v) is 22.7. The van der Waals surface area contributed by atoms with E-state index in [-0.39, 0.29) is 0 Å². The SMILES string of the molecule is c1cc(-c2ccccc2-n2c3ccccc3c3ccccc32)cc(N(c2cccc(-c3cccc4c(-c5ccc6ccc7ccccc7c6c5)cccc34)c2)c2cccc(-c3cccc4c(-c5ccc6ccc7ccccc7c6c5)cccc34)c2)c1. The van der Waals surface area contributed by atoms with E-state index in [1.54, 1.807) is 0 Å². The molecule has 1 aromatic heterocycles. The van der Waals surface area contributed by atoms with Gasteiger partial charge in [-0.05, 0) is 181 Å². The van der Waals surface area contributed by atoms with Crippen molar-refractivity contribution in [2.45, 2.75) is 0 Å². The minimum atomic E-state index is 1.06. The molecule has 0 amide bonds. The van der Waals surface area contributed by atoms with Gasteiger partial charge in [0, 0.05) is 33.4 Å². The van der Waals surface area contributed by atoms with E-state index in [9.17, 15) is 0 Å². The van der Waals surface area contributed by atoms with Crippen molar-refractivity contribution in [2.75, 3.05) is 4.90 Å². The van der Waals surface area contributed by atoms with Gasteiger partial charge in [0.25, 0.3) is 0 Å². The van der Waals surface area contributed by atoms with Gasteiger partial charge < -0.3 is 9.47 Å². The highest BCUT2D eigenvalue weighted by Gasteiger charge is 2.21. The van der Waals surface area contributed by atoms with Crippen LogP contribution in [-0.2, 0) is 0 Å². The van der Waals surface area contributed by atoms with Crippen LogP contribution < -0.4 is 4.90 Å². The summed E-state index contributed by atoms with van der Waals surface area (Å²) in [5.74, 6) is 0. The molecule has 0 aliphatic heterocycles. The Morgan fingerprint density at radius 3 is 0.930 bits per heavy atom. The van der Waals surface area contributed by atoms with Crippen molar-refractivity contribution in [2.24, 2.45) is 0 Å². The lowest BCUT2D eigenvalue weighted by atomic mass is 9.91. The molecular formula is C84H54N2. The largest absolute Gasteiger partial charge is 0.310 e. The predicted molar refractivity (Wildman–Crippen MR) is 368 cm³/mol. The molecule has 400 valence electrons. The fourth-order valence-corrected chi connectivity index (χ4v) is 13.9. The van der Waals surface area contributed by atoms with Gasteiger partial charge in [-0.3, -0.25) is 0 Å². The Hall–Kier alpha value is -11.3. The summed E-state index contributed by atoms with van der Waals surface area (Å²) < 4.78 is 2.44. The topological polar surface area (TPSA) is 8.17 Å². The Labute approximate surface area is 499 Å². The van der Waals surface area contributed by atoms with E-state index in [0.717, 1.165) is 45.0 Å². The molecule has 1 heterocycles. The summed E-state index contributed by atoms with van der Waals surface area (Å²) in [5, 5.41) is 17.4. The minimum absolute atomic E-state index is 1.06. The molecule has 0 fully saturated rings. The van der Waals surface area contributed by atoms with Gasteiger partial charge >= 0.3 is 0 Å². The van der Waals surface area contributed by atoms with Crippen molar-refractivity contribution < 1.29 is 0 Å². The zero-order chi connectivity index (χ0) is 56.7. The maximum Gasteiger partial charge on any atom is 0.0541 e. The first-order valence-corrected chi connectivity index (χ1v) is 29.7. The molecule has 86 heavy (non-hydrogen) atoms. The fourth-order valence-electron chi connectivity index (χ4n) is 13.9. The quantitative estimate of drug-likeness (QED) is 0.131. The van der Waals surface area contributed by atoms with Gasteiger partial charge in [0.05, 0.1) is 16.7 Å². The summed E-state index contributed by atoms with van der Waals surface area (Å²) in [7, 11) is 0. The van der Waals surface area contributed by atoms with E-state index in [4.69, 9.17) is 0 Å². The molecule has 0 radical (unpaired) electrons. The lowest BCUT2D eigenvalue weighted by Gasteiger charge is -2.27. The first-order valence-electron chi connectivity index (χ1n) is 29.7. The molecule has 0 saturated carbocycles. The number of aromatic nitrogens is 1. The molecule has 17 aromatic rings. The standard InChI is InChI=1S/C84H54N2/c1-3-26-67-55(18-1)42-44-57-46-48-62(53-80(57)67)71-33-16-35-74-69(31-14-37-76(71)74)59-20-11-23-64(50-59)85(66-25-13-22-61(52-66)73-28-5-8-39-82(73)86-83-40-9-6-29-78(83)79-30-7-10-41-84(79)86)65-24-12-21-60(51-65)70-32-15-38-77-72(34-17-36-75(70)77)63-49-47-58-45-43-56-19-2-4-27-68(56)81(58)54-63/h1-54H. The van der Waals surface area contributed by atoms with Crippen molar-refractivity contribution in [1.82, 2.24) is 4.57 Å². The lowest BCUT2D eigenvalue weighted by Crippen LogP contribution is -2.10. The molecule has 0 atom stereocenters. The summed E-state index contributed by atoms with van der Waals surface area (Å²) in [6.07, 6.45) is 0. The number of hydrogen-bond donors (Lipinski definition) is 0. The molecule has 0 saturated heterocycles. The number of fused-ring (bicyclic) bond motifs is 11. The summed E-state index contributed by atoms with van der Waals surface area (Å²) >= 11 is 0. The smallest absolute Gasteiger partial charge is 0.0541 e. The Morgan fingerprint density at radius 1 is 0.186 bits per heavy atom. The summed E-state index contributed by atoms with van der Waals surface area (Å²) in [6, 6.07) is 121. The van der Waals surface area contributed by atoms with Crippen LogP contribution in [-0.4, -0.2) is 4.57 Å². The van der Waals surface area contributed by atoms with E-state index in [1.165, 1.54) is 120 Å². The predicted octanol–water partition coefficient (Wildman–Crippen LogP) is 23.5. The van der Waals surface area contributed by atoms with Gasteiger partial charge in [0.1, 0.15) is 0 Å². The van der Waals surface area contributed by atoms with E-state index in [2.05, 4.69) is 337 Å². The number of hydrogen-bond acceptors (Lipinski definition) is 1. The maximum atomic E-state index is 2.45. The maximum absolute atomic E-state index is 2.45. The van der Waals surface area contributed by atoms with Gasteiger partial charge in [-0.25, -0.2) is 0 Å². The van der Waals surface area contributed by atoms with Gasteiger partial charge in [0.15, 0.2) is 0 Å². The van der Waals surface area contributed by atoms with Crippen LogP contribution in [0.3, 0.4) is 0 Å². The number of anilines is 3. The van der Waals surface area contributed by atoms with Crippen molar-refractivity contribution in [1.29, 1.82) is 0 Å². The normalized spacial score (nSPS) is 11.7. The average Bonchev–Trinajstić information content (AvgIpc) is 1.72. The molecule has 16 aromatic carbocycles. The zero-order valence-corrected chi connectivity index (χ0v) is 47.1. The van der Waals surface area contributed by atoms with Crippen molar-refractivity contribution in [3.05, 3.63) is 328 Å². The van der Waals surface area contributed by atoms with Crippen molar-refractivity contribution >= 4 is 104 Å². The Bertz CT molecular complexity index is 5270. The molecule has 0 aliphatic rings. The van der Waals surface area contributed by atoms with Crippen LogP contribution in [0.2, 0.25) is 0 Å². The van der Waals surface area contributed by atoms with E-state index in [0.29, 0.717) is 0 Å². The summed E-state index contributed by atoms with van der Waals surface area (Å²) in [5.41, 5.74) is 18.5. The summed E-state index contributed by atoms with van der Waals surface area (Å²) in [6.45, 7) is 0. The van der Waals surface area contributed by atoms with E-state index in [1.807, 2.05) is 0 Å². The molecule has 0 N–H and O–H groups in total. The number of benzene rings is 16. The third-order valence-electron chi connectivity index (χ3n) is 17.9. The third kappa shape index (κ3) is 8.18. The second-order valence-electron chi connectivity index (χ2n) is 22.7. The molecular weight excluding hydrogens is 1040 g/mol. The van der Waals surface area contributed by atoms with E-state index >= 15 is 0 Å². The van der Waals surface area contributed by atoms with E-state index < -0.39 is 0 Å². The van der Waals surface area contributed by atoms with Gasteiger partial charge in [-0.2, -0.15) is 0 Å². The van der Waals surface area contributed by atoms with Crippen molar-refractivity contribution in [3.8, 4) is 61.3 Å². The molecule has 0 spiro atoms. The molecule has 0 unspecified atom stereocenters. The fraction of sp³-hybridized carbons (Fsp3) is 0. The van der Waals surface area contributed by atoms with Crippen LogP contribution in [0, 0.1) is 0 Å². The first kappa shape index (κ1) is 49.3. The van der Waals surface area contributed by atoms with Crippen LogP contribution >= 0.6 is 0 Å². The third-order valence-corrected chi connectivity index (χ3v) is 17.9. The molecule has 17 rings (SSSR count). The Kier molecular flexibility index (Phi) is 11.6. The number of para-hydroxylation sites is 3. The summed E-state index contributed by atoms with van der Waals surface area (Å²) in [4.78, 5) is 2.45. The number of rotatable bonds is 9. The van der Waals surface area contributed by atoms with Crippen LogP contribution in [0.1, 0.15) is 0 Å². The Morgan fingerprint density at radius 2 is 0.488 bits per heavy atom. The highest BCUT2D eigenvalue weighted by atomic mass is 15.1. The second kappa shape index (κ2) is 20.2. The number of nitrogens with zero attached hydrogens (tertiary/aromatic N) is 2. The molecule has 2 heteroatoms. The van der Waals surface area contributed by atoms with Crippen LogP contribution in [0.15, 0.2) is 328 Å². The van der Waals surface area contributed by atoms with Crippen molar-refractivity contribution in [3.63, 3.8) is 0 Å². The lowest BCUT2D eigenvalue weighted by molar-refractivity contribution is 1.18. The van der Waals surface area contributed by atoms with Gasteiger partial charge in [-0.15, -0.1) is 0 Å². The van der Waals surface area contributed by atoms with Gasteiger partial charge in [0.2, 0.25) is 0 Å². The molecule has 2 nitrogen and oxygen atoms in total. The molecule has 0 bridgehead atoms. The van der Waals surface area contributed by atoms with Crippen LogP contribution in [0.25, 0.3) is 148 Å². The monoisotopic (exact) mass is 1090 g/mol. The average molecular weight is 1090 g/mol.